The van der Waals surface area contributed by atoms with Crippen molar-refractivity contribution in [3.05, 3.63) is 0 Å². The van der Waals surface area contributed by atoms with Gasteiger partial charge in [0.15, 0.2) is 0 Å². The molecule has 0 aromatic carbocycles. The number of carbonyl (C=O) groups is 2. The van der Waals surface area contributed by atoms with Gasteiger partial charge in [0.25, 0.3) is 0 Å². The Kier molecular flexibility index (Phi) is 4.79. The van der Waals surface area contributed by atoms with Gasteiger partial charge in [0.1, 0.15) is 0 Å². The Hall–Kier alpha value is -1.26. The second-order valence-corrected chi connectivity index (χ2v) is 7.40. The molecule has 5 heteroatoms. The van der Waals surface area contributed by atoms with E-state index < -0.39 is 5.97 Å². The zero-order valence-corrected chi connectivity index (χ0v) is 13.4. The van der Waals surface area contributed by atoms with Crippen LogP contribution in [0.1, 0.15) is 59.3 Å². The van der Waals surface area contributed by atoms with Crippen molar-refractivity contribution in [3.8, 4) is 0 Å². The smallest absolute Gasteiger partial charge is 0.317 e. The highest BCUT2D eigenvalue weighted by molar-refractivity contribution is 5.75. The molecule has 0 saturated carbocycles. The van der Waals surface area contributed by atoms with Crippen LogP contribution < -0.4 is 5.32 Å². The van der Waals surface area contributed by atoms with Crippen LogP contribution in [0.25, 0.3) is 0 Å². The van der Waals surface area contributed by atoms with E-state index in [1.54, 1.807) is 0 Å². The van der Waals surface area contributed by atoms with Crippen molar-refractivity contribution in [1.82, 2.24) is 10.2 Å². The lowest BCUT2D eigenvalue weighted by Gasteiger charge is -2.39. The van der Waals surface area contributed by atoms with Crippen LogP contribution in [0.3, 0.4) is 0 Å². The summed E-state index contributed by atoms with van der Waals surface area (Å²) in [6.07, 6.45) is 4.99. The first-order valence-corrected chi connectivity index (χ1v) is 8.10. The van der Waals surface area contributed by atoms with Gasteiger partial charge in [-0.05, 0) is 43.4 Å². The summed E-state index contributed by atoms with van der Waals surface area (Å²) in [7, 11) is 0. The molecule has 5 nitrogen and oxygen atoms in total. The number of hydrogen-bond acceptors (Lipinski definition) is 2. The van der Waals surface area contributed by atoms with Gasteiger partial charge in [-0.2, -0.15) is 0 Å². The van der Waals surface area contributed by atoms with Gasteiger partial charge in [0, 0.05) is 25.0 Å². The lowest BCUT2D eigenvalue weighted by Crippen LogP contribution is -2.52. The highest BCUT2D eigenvalue weighted by Crippen LogP contribution is 2.39. The fourth-order valence-corrected chi connectivity index (χ4v) is 3.57. The average Bonchev–Trinajstić information content (AvgIpc) is 2.67. The number of carboxylic acids is 1. The van der Waals surface area contributed by atoms with Crippen LogP contribution >= 0.6 is 0 Å². The lowest BCUT2D eigenvalue weighted by atomic mass is 9.88. The number of hydrogen-bond donors (Lipinski definition) is 2. The van der Waals surface area contributed by atoms with Crippen LogP contribution in [0.5, 0.6) is 0 Å². The summed E-state index contributed by atoms with van der Waals surface area (Å²) in [6.45, 7) is 7.13. The number of fused-ring (bicyclic) bond motifs is 2. The zero-order chi connectivity index (χ0) is 15.6. The molecule has 0 aliphatic carbocycles. The highest BCUT2D eigenvalue weighted by atomic mass is 16.4. The van der Waals surface area contributed by atoms with E-state index in [9.17, 15) is 9.59 Å². The van der Waals surface area contributed by atoms with Gasteiger partial charge in [0.05, 0.1) is 0 Å². The molecule has 2 amide bonds. The van der Waals surface area contributed by atoms with E-state index in [-0.39, 0.29) is 35.9 Å². The maximum Gasteiger partial charge on any atom is 0.317 e. The normalized spacial score (nSPS) is 28.5. The highest BCUT2D eigenvalue weighted by Gasteiger charge is 2.43. The predicted octanol–water partition coefficient (Wildman–Crippen LogP) is 2.85. The van der Waals surface area contributed by atoms with Crippen molar-refractivity contribution in [2.75, 3.05) is 6.54 Å². The van der Waals surface area contributed by atoms with E-state index in [1.807, 2.05) is 4.90 Å². The molecule has 2 heterocycles. The number of amides is 2. The van der Waals surface area contributed by atoms with Crippen LogP contribution in [0.2, 0.25) is 0 Å². The Bertz CT molecular complexity index is 394. The summed E-state index contributed by atoms with van der Waals surface area (Å²) in [5, 5.41) is 12.0. The summed E-state index contributed by atoms with van der Waals surface area (Å²) in [6, 6.07) is 0.508. The molecule has 0 radical (unpaired) electrons. The lowest BCUT2D eigenvalue weighted by molar-refractivity contribution is -0.138. The van der Waals surface area contributed by atoms with E-state index >= 15 is 0 Å². The standard InChI is InChI=1S/C16H28N2O3/c1-4-16(2,3)10-17-15(21)18-12-5-6-13(18)8-11(7-12)9-14(19)20/h11-13H,4-10H2,1-3H3,(H,17,21)(H,19,20). The van der Waals surface area contributed by atoms with Gasteiger partial charge in [-0.25, -0.2) is 4.79 Å². The Morgan fingerprint density at radius 1 is 1.24 bits per heavy atom. The molecule has 0 aromatic rings. The fourth-order valence-electron chi connectivity index (χ4n) is 3.57. The molecule has 2 fully saturated rings. The quantitative estimate of drug-likeness (QED) is 0.819. The van der Waals surface area contributed by atoms with Crippen molar-refractivity contribution >= 4 is 12.0 Å². The molecule has 21 heavy (non-hydrogen) atoms. The van der Waals surface area contributed by atoms with Gasteiger partial charge < -0.3 is 15.3 Å². The first-order chi connectivity index (χ1) is 9.82. The number of carboxylic acid groups (broad SMARTS) is 1. The molecular formula is C16H28N2O3. The Morgan fingerprint density at radius 3 is 2.29 bits per heavy atom. The molecule has 2 unspecified atom stereocenters. The molecule has 0 aromatic heterocycles. The van der Waals surface area contributed by atoms with Crippen LogP contribution in [-0.4, -0.2) is 40.6 Å². The third kappa shape index (κ3) is 3.89. The van der Waals surface area contributed by atoms with E-state index in [2.05, 4.69) is 26.1 Å². The van der Waals surface area contributed by atoms with Crippen molar-refractivity contribution in [3.63, 3.8) is 0 Å². The van der Waals surface area contributed by atoms with Crippen molar-refractivity contribution < 1.29 is 14.7 Å². The maximum absolute atomic E-state index is 12.4. The SMILES string of the molecule is CCC(C)(C)CNC(=O)N1C2CCC1CC(CC(=O)O)C2. The molecule has 2 rings (SSSR count). The summed E-state index contributed by atoms with van der Waals surface area (Å²) in [5.74, 6) is -0.488. The van der Waals surface area contributed by atoms with E-state index in [4.69, 9.17) is 5.11 Å². The largest absolute Gasteiger partial charge is 0.481 e. The second kappa shape index (κ2) is 6.24. The topological polar surface area (TPSA) is 69.6 Å². The van der Waals surface area contributed by atoms with Gasteiger partial charge in [-0.1, -0.05) is 20.8 Å². The van der Waals surface area contributed by atoms with Gasteiger partial charge in [-0.15, -0.1) is 0 Å². The zero-order valence-electron chi connectivity index (χ0n) is 13.4. The molecule has 2 aliphatic heterocycles. The third-order valence-electron chi connectivity index (χ3n) is 5.20. The van der Waals surface area contributed by atoms with Crippen LogP contribution in [0.4, 0.5) is 4.79 Å². The van der Waals surface area contributed by atoms with Crippen molar-refractivity contribution in [2.45, 2.75) is 71.4 Å². The molecular weight excluding hydrogens is 268 g/mol. The number of carbonyl (C=O) groups excluding carboxylic acids is 1. The monoisotopic (exact) mass is 296 g/mol. The summed E-state index contributed by atoms with van der Waals surface area (Å²) >= 11 is 0. The summed E-state index contributed by atoms with van der Waals surface area (Å²) in [5.41, 5.74) is 0.121. The minimum atomic E-state index is -0.720. The van der Waals surface area contributed by atoms with Gasteiger partial charge in [0.2, 0.25) is 0 Å². The second-order valence-electron chi connectivity index (χ2n) is 7.40. The van der Waals surface area contributed by atoms with Gasteiger partial charge >= 0.3 is 12.0 Å². The Morgan fingerprint density at radius 2 is 1.81 bits per heavy atom. The number of urea groups is 1. The Balaban J connectivity index is 1.91. The van der Waals surface area contributed by atoms with Crippen molar-refractivity contribution in [1.29, 1.82) is 0 Å². The fraction of sp³-hybridized carbons (Fsp3) is 0.875. The molecule has 0 spiro atoms. The number of nitrogens with one attached hydrogen (secondary N) is 1. The maximum atomic E-state index is 12.4. The summed E-state index contributed by atoms with van der Waals surface area (Å²) < 4.78 is 0. The molecule has 2 atom stereocenters. The summed E-state index contributed by atoms with van der Waals surface area (Å²) in [4.78, 5) is 25.3. The number of nitrogens with zero attached hydrogens (tertiary/aromatic N) is 1. The predicted molar refractivity (Wildman–Crippen MR) is 81.1 cm³/mol. The van der Waals surface area contributed by atoms with E-state index in [1.165, 1.54) is 0 Å². The Labute approximate surface area is 127 Å². The molecule has 120 valence electrons. The molecule has 2 N–H and O–H groups in total. The first kappa shape index (κ1) is 16.1. The first-order valence-electron chi connectivity index (χ1n) is 8.10. The minimum Gasteiger partial charge on any atom is -0.481 e. The third-order valence-corrected chi connectivity index (χ3v) is 5.20. The van der Waals surface area contributed by atoms with E-state index in [0.717, 1.165) is 32.1 Å². The molecule has 2 saturated heterocycles. The number of piperidine rings is 1. The van der Waals surface area contributed by atoms with Crippen molar-refractivity contribution in [2.24, 2.45) is 11.3 Å². The van der Waals surface area contributed by atoms with Gasteiger partial charge in [-0.3, -0.25) is 4.79 Å². The van der Waals surface area contributed by atoms with Crippen LogP contribution in [0, 0.1) is 11.3 Å². The average molecular weight is 296 g/mol. The molecule has 2 bridgehead atoms. The number of aliphatic carboxylic acids is 1. The minimum absolute atomic E-state index is 0.0396. The van der Waals surface area contributed by atoms with Crippen LogP contribution in [-0.2, 0) is 4.79 Å². The van der Waals surface area contributed by atoms with E-state index in [0.29, 0.717) is 6.54 Å². The number of rotatable bonds is 5. The molecule has 2 aliphatic rings. The van der Waals surface area contributed by atoms with Crippen LogP contribution in [0.15, 0.2) is 0 Å².